The van der Waals surface area contributed by atoms with Crippen molar-refractivity contribution in [1.82, 2.24) is 4.90 Å². The molecule has 1 atom stereocenters. The summed E-state index contributed by atoms with van der Waals surface area (Å²) in [5, 5.41) is 0. The maximum absolute atomic E-state index is 13.1. The van der Waals surface area contributed by atoms with Crippen LogP contribution in [0.5, 0.6) is 0 Å². The minimum absolute atomic E-state index is 0.0294. The van der Waals surface area contributed by atoms with E-state index in [2.05, 4.69) is 55.3 Å². The van der Waals surface area contributed by atoms with Crippen molar-refractivity contribution >= 4 is 5.57 Å². The smallest absolute Gasteiger partial charge is 0.131 e. The summed E-state index contributed by atoms with van der Waals surface area (Å²) in [4.78, 5) is 2.36. The number of ether oxygens (including phenoxy) is 1. The molecule has 29 heavy (non-hydrogen) atoms. The van der Waals surface area contributed by atoms with Crippen LogP contribution >= 0.6 is 0 Å². The first-order valence-corrected chi connectivity index (χ1v) is 10.2. The van der Waals surface area contributed by atoms with E-state index in [0.29, 0.717) is 5.76 Å². The predicted molar refractivity (Wildman–Crippen MR) is 124 cm³/mol. The number of rotatable bonds is 12. The van der Waals surface area contributed by atoms with Gasteiger partial charge in [-0.3, -0.25) is 4.90 Å². The van der Waals surface area contributed by atoms with E-state index in [1.807, 2.05) is 39.0 Å². The average Bonchev–Trinajstić information content (AvgIpc) is 2.71. The highest BCUT2D eigenvalue weighted by molar-refractivity contribution is 5.71. The zero-order valence-corrected chi connectivity index (χ0v) is 18.7. The number of hydrogen-bond acceptors (Lipinski definition) is 2. The summed E-state index contributed by atoms with van der Waals surface area (Å²) in [7, 11) is 0. The second-order valence-electron chi connectivity index (χ2n) is 7.19. The first kappa shape index (κ1) is 24.6. The van der Waals surface area contributed by atoms with Gasteiger partial charge in [0.15, 0.2) is 0 Å². The summed E-state index contributed by atoms with van der Waals surface area (Å²) >= 11 is 0. The summed E-state index contributed by atoms with van der Waals surface area (Å²) < 4.78 is 18.6. The Labute approximate surface area is 176 Å². The number of hydrogen-bond donors (Lipinski definition) is 0. The third kappa shape index (κ3) is 8.66. The van der Waals surface area contributed by atoms with Crippen molar-refractivity contribution in [3.05, 3.63) is 89.8 Å². The summed E-state index contributed by atoms with van der Waals surface area (Å²) in [6.07, 6.45) is 7.10. The van der Waals surface area contributed by atoms with Crippen molar-refractivity contribution in [1.29, 1.82) is 0 Å². The first-order chi connectivity index (χ1) is 13.8. The highest BCUT2D eigenvalue weighted by atomic mass is 19.1. The van der Waals surface area contributed by atoms with Crippen LogP contribution in [0.15, 0.2) is 78.6 Å². The number of halogens is 1. The highest BCUT2D eigenvalue weighted by Gasteiger charge is 2.11. The van der Waals surface area contributed by atoms with Crippen LogP contribution in [0.4, 0.5) is 4.39 Å². The number of benzene rings is 1. The Kier molecular flexibility index (Phi) is 11.0. The lowest BCUT2D eigenvalue weighted by Gasteiger charge is -2.23. The van der Waals surface area contributed by atoms with Crippen LogP contribution in [0, 0.1) is 0 Å². The molecule has 3 heteroatoms. The molecule has 1 aromatic rings. The fraction of sp³-hybridized carbons (Fsp3) is 0.385. The molecular weight excluding hydrogens is 361 g/mol. The van der Waals surface area contributed by atoms with Crippen LogP contribution in [0.2, 0.25) is 0 Å². The van der Waals surface area contributed by atoms with Crippen LogP contribution in [0.3, 0.4) is 0 Å². The Bertz CT molecular complexity index is 753. The minimum atomic E-state index is -1.01. The number of allylic oxidation sites excluding steroid dienone is 5. The molecule has 1 aromatic carbocycles. The van der Waals surface area contributed by atoms with Gasteiger partial charge in [0.2, 0.25) is 0 Å². The molecule has 0 radical (unpaired) electrons. The fourth-order valence-electron chi connectivity index (χ4n) is 2.90. The molecule has 1 rings (SSSR count). The van der Waals surface area contributed by atoms with Gasteiger partial charge in [0.25, 0.3) is 0 Å². The number of likely N-dealkylation sites (N-methyl/N-ethyl adjacent to an activating group) is 1. The molecule has 0 fully saturated rings. The van der Waals surface area contributed by atoms with Crippen molar-refractivity contribution in [2.24, 2.45) is 0 Å². The van der Waals surface area contributed by atoms with E-state index in [1.165, 1.54) is 12.5 Å². The molecule has 0 aliphatic carbocycles. The van der Waals surface area contributed by atoms with E-state index in [0.717, 1.165) is 41.9 Å². The van der Waals surface area contributed by atoms with Crippen LogP contribution in [-0.2, 0) is 11.3 Å². The molecule has 0 N–H and O–H groups in total. The molecule has 0 aromatic heterocycles. The monoisotopic (exact) mass is 397 g/mol. The highest BCUT2D eigenvalue weighted by Crippen LogP contribution is 2.19. The zero-order chi connectivity index (χ0) is 21.8. The fourth-order valence-corrected chi connectivity index (χ4v) is 2.90. The van der Waals surface area contributed by atoms with E-state index in [-0.39, 0.29) is 6.61 Å². The topological polar surface area (TPSA) is 12.5 Å². The van der Waals surface area contributed by atoms with Gasteiger partial charge in [-0.1, -0.05) is 68.7 Å². The van der Waals surface area contributed by atoms with Gasteiger partial charge >= 0.3 is 0 Å². The van der Waals surface area contributed by atoms with Gasteiger partial charge in [0, 0.05) is 13.1 Å². The normalized spacial score (nSPS) is 13.8. The molecule has 0 aliphatic heterocycles. The maximum atomic E-state index is 13.1. The van der Waals surface area contributed by atoms with Crippen LogP contribution < -0.4 is 0 Å². The van der Waals surface area contributed by atoms with Crippen molar-refractivity contribution in [2.45, 2.75) is 47.3 Å². The Hall–Kier alpha value is -2.39. The molecule has 0 amide bonds. The third-order valence-electron chi connectivity index (χ3n) is 4.69. The van der Waals surface area contributed by atoms with E-state index in [9.17, 15) is 4.39 Å². The zero-order valence-electron chi connectivity index (χ0n) is 18.7. The molecule has 1 unspecified atom stereocenters. The quantitative estimate of drug-likeness (QED) is 0.281. The van der Waals surface area contributed by atoms with E-state index >= 15 is 0 Å². The Morgan fingerprint density at radius 1 is 1.14 bits per heavy atom. The molecular formula is C26H36FNO. The molecule has 2 nitrogen and oxygen atoms in total. The first-order valence-electron chi connectivity index (χ1n) is 10.2. The second-order valence-corrected chi connectivity index (χ2v) is 7.19. The number of nitrogens with zero attached hydrogens (tertiary/aromatic N) is 1. The summed E-state index contributed by atoms with van der Waals surface area (Å²) in [6, 6.07) is 8.55. The van der Waals surface area contributed by atoms with Gasteiger partial charge in [-0.05, 0) is 62.1 Å². The van der Waals surface area contributed by atoms with Crippen molar-refractivity contribution in [2.75, 3.05) is 19.7 Å². The molecule has 0 bridgehead atoms. The lowest BCUT2D eigenvalue weighted by molar-refractivity contribution is 0.149. The summed E-state index contributed by atoms with van der Waals surface area (Å²) in [6.45, 7) is 20.2. The summed E-state index contributed by atoms with van der Waals surface area (Å²) in [5.74, 6) is 0.533. The van der Waals surface area contributed by atoms with Crippen LogP contribution in [0.25, 0.3) is 5.57 Å². The van der Waals surface area contributed by atoms with Crippen molar-refractivity contribution in [3.63, 3.8) is 0 Å². The van der Waals surface area contributed by atoms with Crippen LogP contribution in [0.1, 0.15) is 45.7 Å². The van der Waals surface area contributed by atoms with Gasteiger partial charge in [0.05, 0.1) is 0 Å². The Morgan fingerprint density at radius 3 is 2.28 bits per heavy atom. The molecule has 0 saturated heterocycles. The van der Waals surface area contributed by atoms with E-state index in [4.69, 9.17) is 4.74 Å². The third-order valence-corrected chi connectivity index (χ3v) is 4.69. The van der Waals surface area contributed by atoms with Crippen molar-refractivity contribution in [3.8, 4) is 0 Å². The molecule has 0 aliphatic rings. The Morgan fingerprint density at radius 2 is 1.76 bits per heavy atom. The van der Waals surface area contributed by atoms with Gasteiger partial charge in [-0.25, -0.2) is 4.39 Å². The summed E-state index contributed by atoms with van der Waals surface area (Å²) in [5.41, 5.74) is 5.49. The van der Waals surface area contributed by atoms with E-state index < -0.39 is 6.17 Å². The van der Waals surface area contributed by atoms with Gasteiger partial charge in [-0.2, -0.15) is 0 Å². The largest absolute Gasteiger partial charge is 0.491 e. The van der Waals surface area contributed by atoms with Gasteiger partial charge in [0.1, 0.15) is 18.5 Å². The number of alkyl halides is 1. The molecule has 158 valence electrons. The van der Waals surface area contributed by atoms with Crippen LogP contribution in [-0.4, -0.2) is 30.8 Å². The van der Waals surface area contributed by atoms with Gasteiger partial charge in [-0.15, -0.1) is 0 Å². The SMILES string of the molecule is C=C(OCC(C)F)/C(C)=C(\C=C/C)CN(CC)Cc1ccc(C(=C)/C=C\C)cc1. The molecule has 0 spiro atoms. The second kappa shape index (κ2) is 12.9. The lowest BCUT2D eigenvalue weighted by atomic mass is 10.0. The standard InChI is InChI=1S/C26H36FNO/c1-8-11-20(4)25-15-13-24(14-16-25)17-28(10-3)18-26(12-9-2)22(6)23(7)29-19-21(5)27/h8-9,11-16,21H,4,7,10,17-19H2,1-3,5-6H3/b11-8-,12-9-,26-22+. The molecule has 0 saturated carbocycles. The van der Waals surface area contributed by atoms with Crippen molar-refractivity contribution < 1.29 is 9.13 Å². The lowest BCUT2D eigenvalue weighted by Crippen LogP contribution is -2.25. The van der Waals surface area contributed by atoms with Gasteiger partial charge < -0.3 is 4.74 Å². The van der Waals surface area contributed by atoms with E-state index in [1.54, 1.807) is 0 Å². The predicted octanol–water partition coefficient (Wildman–Crippen LogP) is 6.88. The Balaban J connectivity index is 2.90. The maximum Gasteiger partial charge on any atom is 0.131 e. The minimum Gasteiger partial charge on any atom is -0.491 e. The molecule has 0 heterocycles. The average molecular weight is 398 g/mol.